The summed E-state index contributed by atoms with van der Waals surface area (Å²) in [6.45, 7) is 10.2. The van der Waals surface area contributed by atoms with Gasteiger partial charge in [-0.05, 0) is 38.5 Å². The maximum atomic E-state index is 6.04. The summed E-state index contributed by atoms with van der Waals surface area (Å²) in [4.78, 5) is 2.52. The van der Waals surface area contributed by atoms with Crippen molar-refractivity contribution in [2.45, 2.75) is 31.6 Å². The Bertz CT molecular complexity index is 419. The van der Waals surface area contributed by atoms with Crippen molar-refractivity contribution in [2.24, 2.45) is 5.73 Å². The van der Waals surface area contributed by atoms with Gasteiger partial charge in [0.25, 0.3) is 0 Å². The molecule has 0 amide bonds. The predicted octanol–water partition coefficient (Wildman–Crippen LogP) is 2.91. The molecule has 2 N–H and O–H groups in total. The first kappa shape index (κ1) is 15.7. The number of thioether (sulfide) groups is 1. The first-order valence-corrected chi connectivity index (χ1v) is 8.35. The Labute approximate surface area is 126 Å². The van der Waals surface area contributed by atoms with Crippen LogP contribution >= 0.6 is 11.8 Å². The van der Waals surface area contributed by atoms with Gasteiger partial charge in [-0.1, -0.05) is 12.1 Å². The summed E-state index contributed by atoms with van der Waals surface area (Å²) in [5.41, 5.74) is 7.33. The van der Waals surface area contributed by atoms with Gasteiger partial charge in [-0.3, -0.25) is 4.90 Å². The number of nitrogens with two attached hydrogens (primary N) is 1. The molecule has 0 aliphatic carbocycles. The van der Waals surface area contributed by atoms with Crippen LogP contribution in [-0.2, 0) is 0 Å². The summed E-state index contributed by atoms with van der Waals surface area (Å²) < 4.78 is 5.82. The quantitative estimate of drug-likeness (QED) is 0.906. The Kier molecular flexibility index (Phi) is 5.35. The molecule has 2 rings (SSSR count). The van der Waals surface area contributed by atoms with E-state index in [1.54, 1.807) is 0 Å². The molecule has 1 aliphatic rings. The monoisotopic (exact) mass is 294 g/mol. The molecule has 1 aromatic carbocycles. The SMILES string of the molecule is CCOc1ccc(C(CN)N2CCSC(C)(C)C2)cc1. The van der Waals surface area contributed by atoms with Crippen molar-refractivity contribution in [3.8, 4) is 5.75 Å². The first-order chi connectivity index (χ1) is 9.55. The highest BCUT2D eigenvalue weighted by atomic mass is 32.2. The van der Waals surface area contributed by atoms with Crippen LogP contribution in [0.15, 0.2) is 24.3 Å². The summed E-state index contributed by atoms with van der Waals surface area (Å²) in [5, 5.41) is 0. The number of nitrogens with zero attached hydrogens (tertiary/aromatic N) is 1. The van der Waals surface area contributed by atoms with Gasteiger partial charge in [-0.15, -0.1) is 0 Å². The Morgan fingerprint density at radius 2 is 2.05 bits per heavy atom. The molecule has 0 radical (unpaired) electrons. The largest absolute Gasteiger partial charge is 0.494 e. The molecule has 1 aromatic rings. The van der Waals surface area contributed by atoms with Gasteiger partial charge in [0.05, 0.1) is 6.61 Å². The topological polar surface area (TPSA) is 38.5 Å². The molecule has 3 nitrogen and oxygen atoms in total. The maximum absolute atomic E-state index is 6.04. The highest BCUT2D eigenvalue weighted by Crippen LogP contribution is 2.34. The highest BCUT2D eigenvalue weighted by Gasteiger charge is 2.31. The van der Waals surface area contributed by atoms with E-state index in [2.05, 4.69) is 42.6 Å². The predicted molar refractivity (Wildman–Crippen MR) is 87.5 cm³/mol. The van der Waals surface area contributed by atoms with Gasteiger partial charge < -0.3 is 10.5 Å². The molecule has 1 saturated heterocycles. The fourth-order valence-electron chi connectivity index (χ4n) is 2.77. The smallest absolute Gasteiger partial charge is 0.119 e. The van der Waals surface area contributed by atoms with Crippen molar-refractivity contribution in [3.63, 3.8) is 0 Å². The lowest BCUT2D eigenvalue weighted by atomic mass is 10.0. The van der Waals surface area contributed by atoms with Crippen LogP contribution in [0, 0.1) is 0 Å². The van der Waals surface area contributed by atoms with Gasteiger partial charge >= 0.3 is 0 Å². The second-order valence-electron chi connectivity index (χ2n) is 5.83. The van der Waals surface area contributed by atoms with Gasteiger partial charge in [0.1, 0.15) is 5.75 Å². The van der Waals surface area contributed by atoms with Crippen molar-refractivity contribution < 1.29 is 4.74 Å². The normalized spacial score (nSPS) is 20.6. The minimum atomic E-state index is 0.311. The number of hydrogen-bond donors (Lipinski definition) is 1. The molecule has 0 aromatic heterocycles. The molecular formula is C16H26N2OS. The zero-order valence-electron chi connectivity index (χ0n) is 12.8. The Balaban J connectivity index is 2.11. The average Bonchev–Trinajstić information content (AvgIpc) is 2.41. The summed E-state index contributed by atoms with van der Waals surface area (Å²) in [6.07, 6.45) is 0. The molecular weight excluding hydrogens is 268 g/mol. The Morgan fingerprint density at radius 3 is 2.60 bits per heavy atom. The van der Waals surface area contributed by atoms with Crippen LogP contribution < -0.4 is 10.5 Å². The van der Waals surface area contributed by atoms with Gasteiger partial charge in [-0.2, -0.15) is 11.8 Å². The molecule has 0 bridgehead atoms. The fraction of sp³-hybridized carbons (Fsp3) is 0.625. The van der Waals surface area contributed by atoms with Crippen LogP contribution in [0.1, 0.15) is 32.4 Å². The third-order valence-electron chi connectivity index (χ3n) is 3.70. The number of hydrogen-bond acceptors (Lipinski definition) is 4. The van der Waals surface area contributed by atoms with Gasteiger partial charge in [0, 0.05) is 36.2 Å². The molecule has 1 fully saturated rings. The van der Waals surface area contributed by atoms with Crippen molar-refractivity contribution >= 4 is 11.8 Å². The van der Waals surface area contributed by atoms with Crippen molar-refractivity contribution in [1.82, 2.24) is 4.90 Å². The van der Waals surface area contributed by atoms with E-state index < -0.39 is 0 Å². The lowest BCUT2D eigenvalue weighted by Gasteiger charge is -2.41. The highest BCUT2D eigenvalue weighted by molar-refractivity contribution is 8.00. The van der Waals surface area contributed by atoms with Crippen LogP contribution in [-0.4, -0.2) is 41.6 Å². The van der Waals surface area contributed by atoms with Crippen molar-refractivity contribution in [2.75, 3.05) is 32.0 Å². The van der Waals surface area contributed by atoms with E-state index in [1.807, 2.05) is 19.1 Å². The molecule has 4 heteroatoms. The molecule has 1 atom stereocenters. The minimum absolute atomic E-state index is 0.311. The molecule has 112 valence electrons. The average molecular weight is 294 g/mol. The van der Waals surface area contributed by atoms with Crippen LogP contribution in [0.4, 0.5) is 0 Å². The summed E-state index contributed by atoms with van der Waals surface area (Å²) >= 11 is 2.05. The van der Waals surface area contributed by atoms with Crippen LogP contribution in [0.25, 0.3) is 0 Å². The van der Waals surface area contributed by atoms with E-state index in [4.69, 9.17) is 10.5 Å². The van der Waals surface area contributed by atoms with Crippen LogP contribution in [0.2, 0.25) is 0 Å². The van der Waals surface area contributed by atoms with E-state index in [1.165, 1.54) is 11.3 Å². The zero-order chi connectivity index (χ0) is 14.6. The van der Waals surface area contributed by atoms with E-state index in [9.17, 15) is 0 Å². The van der Waals surface area contributed by atoms with Crippen molar-refractivity contribution in [1.29, 1.82) is 0 Å². The van der Waals surface area contributed by atoms with Gasteiger partial charge in [0.2, 0.25) is 0 Å². The minimum Gasteiger partial charge on any atom is -0.494 e. The van der Waals surface area contributed by atoms with E-state index in [-0.39, 0.29) is 0 Å². The number of ether oxygens (including phenoxy) is 1. The second kappa shape index (κ2) is 6.83. The third kappa shape index (κ3) is 3.90. The molecule has 1 heterocycles. The lowest BCUT2D eigenvalue weighted by Crippen LogP contribution is -2.46. The lowest BCUT2D eigenvalue weighted by molar-refractivity contribution is 0.192. The molecule has 0 spiro atoms. The van der Waals surface area contributed by atoms with E-state index in [0.717, 1.165) is 18.8 Å². The summed E-state index contributed by atoms with van der Waals surface area (Å²) in [6, 6.07) is 8.71. The standard InChI is InChI=1S/C16H26N2OS/c1-4-19-14-7-5-13(6-8-14)15(11-17)18-9-10-20-16(2,3)12-18/h5-8,15H,4,9-12,17H2,1-3H3. The molecule has 20 heavy (non-hydrogen) atoms. The third-order valence-corrected chi connectivity index (χ3v) is 4.99. The Hall–Kier alpha value is -0.710. The number of benzene rings is 1. The molecule has 0 saturated carbocycles. The summed E-state index contributed by atoms with van der Waals surface area (Å²) in [7, 11) is 0. The van der Waals surface area contributed by atoms with Gasteiger partial charge in [0.15, 0.2) is 0 Å². The van der Waals surface area contributed by atoms with E-state index in [0.29, 0.717) is 23.9 Å². The zero-order valence-corrected chi connectivity index (χ0v) is 13.6. The molecule has 1 aliphatic heterocycles. The molecule has 1 unspecified atom stereocenters. The maximum Gasteiger partial charge on any atom is 0.119 e. The van der Waals surface area contributed by atoms with Gasteiger partial charge in [-0.25, -0.2) is 0 Å². The second-order valence-corrected chi connectivity index (χ2v) is 7.63. The van der Waals surface area contributed by atoms with Crippen LogP contribution in [0.3, 0.4) is 0 Å². The number of rotatable bonds is 5. The Morgan fingerprint density at radius 1 is 1.35 bits per heavy atom. The first-order valence-electron chi connectivity index (χ1n) is 7.36. The fourth-order valence-corrected chi connectivity index (χ4v) is 3.90. The van der Waals surface area contributed by atoms with Crippen molar-refractivity contribution in [3.05, 3.63) is 29.8 Å². The van der Waals surface area contributed by atoms with Crippen LogP contribution in [0.5, 0.6) is 5.75 Å². The summed E-state index contributed by atoms with van der Waals surface area (Å²) in [5.74, 6) is 2.11. The van der Waals surface area contributed by atoms with E-state index >= 15 is 0 Å².